The van der Waals surface area contributed by atoms with Crippen LogP contribution in [-0.4, -0.2) is 46.3 Å². The average molecular weight is 336 g/mol. The number of hydrogen-bond acceptors (Lipinski definition) is 4. The van der Waals surface area contributed by atoms with Gasteiger partial charge in [0, 0.05) is 0 Å². The molecule has 0 saturated carbocycles. The molecule has 4 heteroatoms. The van der Waals surface area contributed by atoms with E-state index in [9.17, 15) is 10.2 Å². The van der Waals surface area contributed by atoms with E-state index in [-0.39, 0.29) is 12.2 Å². The molecule has 0 radical (unpaired) electrons. The largest absolute Gasteiger partial charge is 0.387 e. The topological polar surface area (TPSA) is 58.9 Å². The summed E-state index contributed by atoms with van der Waals surface area (Å²) in [6, 6.07) is 0. The molecule has 0 aromatic heterocycles. The van der Waals surface area contributed by atoms with Gasteiger partial charge < -0.3 is 19.7 Å². The van der Waals surface area contributed by atoms with E-state index in [2.05, 4.69) is 19.9 Å². The molecule has 2 N–H and O–H groups in total. The second-order valence-corrected chi connectivity index (χ2v) is 8.42. The van der Waals surface area contributed by atoms with Crippen molar-refractivity contribution < 1.29 is 19.7 Å². The Balaban J connectivity index is 1.96. The molecule has 5 atom stereocenters. The number of allylic oxidation sites excluding steroid dienone is 2. The van der Waals surface area contributed by atoms with Crippen LogP contribution in [0.3, 0.4) is 0 Å². The van der Waals surface area contributed by atoms with Gasteiger partial charge in [0.15, 0.2) is 0 Å². The lowest BCUT2D eigenvalue weighted by Gasteiger charge is -2.47. The summed E-state index contributed by atoms with van der Waals surface area (Å²) in [5.74, 6) is 0. The molecule has 3 heterocycles. The van der Waals surface area contributed by atoms with E-state index in [1.807, 2.05) is 13.8 Å². The molecule has 3 aliphatic rings. The van der Waals surface area contributed by atoms with Crippen LogP contribution >= 0.6 is 0 Å². The molecular weight excluding hydrogens is 304 g/mol. The molecule has 1 saturated heterocycles. The zero-order chi connectivity index (χ0) is 17.5. The van der Waals surface area contributed by atoms with E-state index in [4.69, 9.17) is 9.47 Å². The molecule has 0 amide bonds. The number of ether oxygens (including phenoxy) is 2. The Hall–Kier alpha value is -0.680. The van der Waals surface area contributed by atoms with Gasteiger partial charge in [0.2, 0.25) is 0 Å². The highest BCUT2D eigenvalue weighted by Gasteiger charge is 2.50. The first-order valence-electron chi connectivity index (χ1n) is 9.27. The van der Waals surface area contributed by atoms with Crippen LogP contribution < -0.4 is 0 Å². The molecule has 3 unspecified atom stereocenters. The van der Waals surface area contributed by atoms with Gasteiger partial charge in [0.1, 0.15) is 12.2 Å². The maximum absolute atomic E-state index is 10.9. The molecule has 1 fully saturated rings. The molecule has 3 rings (SSSR count). The Morgan fingerprint density at radius 2 is 1.83 bits per heavy atom. The highest BCUT2D eigenvalue weighted by atomic mass is 16.6. The van der Waals surface area contributed by atoms with Crippen molar-refractivity contribution in [3.63, 3.8) is 0 Å². The fourth-order valence-corrected chi connectivity index (χ4v) is 4.29. The smallest absolute Gasteiger partial charge is 0.116 e. The first kappa shape index (κ1) is 18.1. The monoisotopic (exact) mass is 336 g/mol. The minimum absolute atomic E-state index is 0.203. The number of hydrogen-bond donors (Lipinski definition) is 2. The number of aliphatic hydroxyl groups is 2. The van der Waals surface area contributed by atoms with Crippen LogP contribution in [0.2, 0.25) is 0 Å². The van der Waals surface area contributed by atoms with Crippen LogP contribution in [0.1, 0.15) is 66.2 Å². The van der Waals surface area contributed by atoms with Crippen molar-refractivity contribution in [1.29, 1.82) is 0 Å². The lowest BCUT2D eigenvalue weighted by molar-refractivity contribution is -0.237. The quantitative estimate of drug-likeness (QED) is 0.667. The fourth-order valence-electron chi connectivity index (χ4n) is 4.29. The molecular formula is C20H32O4. The van der Waals surface area contributed by atoms with E-state index in [1.165, 1.54) is 16.7 Å². The van der Waals surface area contributed by atoms with Gasteiger partial charge in [-0.1, -0.05) is 11.6 Å². The Morgan fingerprint density at radius 3 is 2.58 bits per heavy atom. The van der Waals surface area contributed by atoms with Crippen molar-refractivity contribution in [1.82, 2.24) is 0 Å². The molecule has 0 spiro atoms. The Morgan fingerprint density at radius 1 is 1.08 bits per heavy atom. The molecule has 3 aliphatic heterocycles. The second kappa shape index (κ2) is 6.56. The van der Waals surface area contributed by atoms with Gasteiger partial charge in [-0.05, 0) is 77.4 Å². The van der Waals surface area contributed by atoms with Gasteiger partial charge in [0.25, 0.3) is 0 Å². The fraction of sp³-hybridized carbons (Fsp3) is 0.800. The number of rotatable bonds is 0. The SMILES string of the molecule is CC1=C2CC/C(C)=C/CC[C@](C)(O)C3CC[C@](C)(O)C(O3)C2OC1. The van der Waals surface area contributed by atoms with Crippen LogP contribution in [-0.2, 0) is 9.47 Å². The normalized spacial score (nSPS) is 46.6. The molecule has 136 valence electrons. The number of fused-ring (bicyclic) bond motifs is 4. The Bertz CT molecular complexity index is 544. The highest BCUT2D eigenvalue weighted by molar-refractivity contribution is 5.26. The van der Waals surface area contributed by atoms with Crippen LogP contribution in [0.5, 0.6) is 0 Å². The van der Waals surface area contributed by atoms with E-state index in [1.54, 1.807) is 0 Å². The molecule has 0 aliphatic carbocycles. The third-order valence-electron chi connectivity index (χ3n) is 6.11. The van der Waals surface area contributed by atoms with Crippen molar-refractivity contribution in [2.24, 2.45) is 0 Å². The van der Waals surface area contributed by atoms with Crippen molar-refractivity contribution >= 4 is 0 Å². The molecule has 4 nitrogen and oxygen atoms in total. The third kappa shape index (κ3) is 3.48. The maximum atomic E-state index is 10.9. The summed E-state index contributed by atoms with van der Waals surface area (Å²) in [4.78, 5) is 0. The lowest BCUT2D eigenvalue weighted by Crippen LogP contribution is -2.58. The summed E-state index contributed by atoms with van der Waals surface area (Å²) < 4.78 is 12.3. The van der Waals surface area contributed by atoms with Crippen LogP contribution in [0.15, 0.2) is 22.8 Å². The minimum Gasteiger partial charge on any atom is -0.387 e. The first-order chi connectivity index (χ1) is 11.2. The third-order valence-corrected chi connectivity index (χ3v) is 6.11. The van der Waals surface area contributed by atoms with E-state index >= 15 is 0 Å². The lowest BCUT2D eigenvalue weighted by atomic mass is 9.78. The molecule has 0 aromatic carbocycles. The zero-order valence-electron chi connectivity index (χ0n) is 15.5. The van der Waals surface area contributed by atoms with Gasteiger partial charge >= 0.3 is 0 Å². The van der Waals surface area contributed by atoms with Gasteiger partial charge in [-0.15, -0.1) is 0 Å². The van der Waals surface area contributed by atoms with Gasteiger partial charge in [-0.25, -0.2) is 0 Å². The van der Waals surface area contributed by atoms with Gasteiger partial charge in [0.05, 0.1) is 23.9 Å². The minimum atomic E-state index is -0.928. The summed E-state index contributed by atoms with van der Waals surface area (Å²) in [6.07, 6.45) is 6.14. The van der Waals surface area contributed by atoms with E-state index in [0.29, 0.717) is 25.9 Å². The highest BCUT2D eigenvalue weighted by Crippen LogP contribution is 2.41. The maximum Gasteiger partial charge on any atom is 0.116 e. The zero-order valence-corrected chi connectivity index (χ0v) is 15.5. The Kier molecular flexibility index (Phi) is 4.95. The summed E-state index contributed by atoms with van der Waals surface area (Å²) in [7, 11) is 0. The Labute approximate surface area is 145 Å². The summed E-state index contributed by atoms with van der Waals surface area (Å²) in [5, 5.41) is 21.9. The van der Waals surface area contributed by atoms with E-state index in [0.717, 1.165) is 19.3 Å². The predicted octanol–water partition coefficient (Wildman–Crippen LogP) is 3.27. The van der Waals surface area contributed by atoms with Crippen LogP contribution in [0.25, 0.3) is 0 Å². The summed E-state index contributed by atoms with van der Waals surface area (Å²) in [6.45, 7) is 8.59. The molecule has 24 heavy (non-hydrogen) atoms. The summed E-state index contributed by atoms with van der Waals surface area (Å²) >= 11 is 0. The predicted molar refractivity (Wildman–Crippen MR) is 93.8 cm³/mol. The molecule has 2 bridgehead atoms. The first-order valence-corrected chi connectivity index (χ1v) is 9.27. The summed E-state index contributed by atoms with van der Waals surface area (Å²) in [5.41, 5.74) is 2.08. The van der Waals surface area contributed by atoms with Crippen molar-refractivity contribution in [3.8, 4) is 0 Å². The van der Waals surface area contributed by atoms with Gasteiger partial charge in [-0.3, -0.25) is 0 Å². The van der Waals surface area contributed by atoms with Crippen molar-refractivity contribution in [2.45, 2.75) is 95.7 Å². The second-order valence-electron chi connectivity index (χ2n) is 8.42. The van der Waals surface area contributed by atoms with Crippen molar-refractivity contribution in [3.05, 3.63) is 22.8 Å². The van der Waals surface area contributed by atoms with Crippen LogP contribution in [0.4, 0.5) is 0 Å². The van der Waals surface area contributed by atoms with Crippen LogP contribution in [0, 0.1) is 0 Å². The standard InChI is InChI=1S/C20H32O4/c1-13-6-5-10-19(3,21)16-9-11-20(4,22)18(24-16)17-15(8-7-13)14(2)12-23-17/h6,16-18,21-22H,5,7-12H2,1-4H3/b13-6+/t16?,17?,18?,19-,20-/m0/s1. The van der Waals surface area contributed by atoms with Crippen molar-refractivity contribution in [2.75, 3.05) is 6.61 Å². The molecule has 0 aromatic rings. The average Bonchev–Trinajstić information content (AvgIpc) is 2.84. The van der Waals surface area contributed by atoms with Gasteiger partial charge in [-0.2, -0.15) is 0 Å². The van der Waals surface area contributed by atoms with E-state index < -0.39 is 17.3 Å².